The average molecular weight is 571 g/mol. The van der Waals surface area contributed by atoms with Gasteiger partial charge in [0.05, 0.1) is 28.9 Å². The van der Waals surface area contributed by atoms with Crippen molar-refractivity contribution in [1.29, 1.82) is 0 Å². The third-order valence-electron chi connectivity index (χ3n) is 6.48. The van der Waals surface area contributed by atoms with Crippen LogP contribution in [0.4, 0.5) is 16.0 Å². The lowest BCUT2D eigenvalue weighted by Gasteiger charge is -2.22. The number of anilines is 2. The van der Waals surface area contributed by atoms with Gasteiger partial charge in [0.25, 0.3) is 11.5 Å². The average Bonchev–Trinajstić information content (AvgIpc) is 3.28. The zero-order chi connectivity index (χ0) is 28.1. The topological polar surface area (TPSA) is 126 Å². The van der Waals surface area contributed by atoms with E-state index in [4.69, 9.17) is 16.6 Å². The molecule has 1 atom stereocenters. The fourth-order valence-corrected chi connectivity index (χ4v) is 5.28. The first-order valence-electron chi connectivity index (χ1n) is 11.9. The highest BCUT2D eigenvalue weighted by molar-refractivity contribution is 7.89. The lowest BCUT2D eigenvalue weighted by molar-refractivity contribution is 0.0977. The van der Waals surface area contributed by atoms with Crippen LogP contribution in [0.5, 0.6) is 0 Å². The van der Waals surface area contributed by atoms with Crippen LogP contribution in [0.3, 0.4) is 0 Å². The van der Waals surface area contributed by atoms with Crippen molar-refractivity contribution >= 4 is 50.1 Å². The molecule has 5 rings (SSSR count). The van der Waals surface area contributed by atoms with Crippen molar-refractivity contribution in [3.8, 4) is 0 Å². The number of aromatic nitrogens is 3. The lowest BCUT2D eigenvalue weighted by atomic mass is 10.0. The van der Waals surface area contributed by atoms with E-state index < -0.39 is 22.0 Å². The zero-order valence-corrected chi connectivity index (χ0v) is 22.8. The van der Waals surface area contributed by atoms with Crippen molar-refractivity contribution in [2.75, 3.05) is 16.5 Å². The molecular weight excluding hydrogens is 547 g/mol. The molecule has 13 heteroatoms. The van der Waals surface area contributed by atoms with E-state index in [9.17, 15) is 22.4 Å². The summed E-state index contributed by atoms with van der Waals surface area (Å²) >= 11 is 5.98. The number of hydrogen-bond acceptors (Lipinski definition) is 8. The molecule has 202 valence electrons. The first kappa shape index (κ1) is 26.6. The van der Waals surface area contributed by atoms with E-state index in [0.29, 0.717) is 35.5 Å². The summed E-state index contributed by atoms with van der Waals surface area (Å²) in [5.41, 5.74) is 2.72. The predicted molar refractivity (Wildman–Crippen MR) is 147 cm³/mol. The Balaban J connectivity index is 1.53. The number of amides is 1. The molecule has 0 saturated carbocycles. The zero-order valence-electron chi connectivity index (χ0n) is 21.2. The molecule has 4 aromatic rings. The Morgan fingerprint density at radius 3 is 2.59 bits per heavy atom. The van der Waals surface area contributed by atoms with Crippen LogP contribution < -0.4 is 20.5 Å². The molecule has 1 aliphatic heterocycles. The van der Waals surface area contributed by atoms with Crippen LogP contribution in [0.25, 0.3) is 10.9 Å². The quantitative estimate of drug-likeness (QED) is 0.337. The maximum Gasteiger partial charge on any atom is 0.285 e. The fourth-order valence-electron chi connectivity index (χ4n) is 4.69. The van der Waals surface area contributed by atoms with Crippen molar-refractivity contribution in [2.45, 2.75) is 26.1 Å². The van der Waals surface area contributed by atoms with Gasteiger partial charge in [-0.05, 0) is 48.4 Å². The number of halogens is 2. The van der Waals surface area contributed by atoms with Gasteiger partial charge in [-0.1, -0.05) is 29.8 Å². The molecule has 3 heterocycles. The highest BCUT2D eigenvalue weighted by Gasteiger charge is 2.25. The molecule has 0 radical (unpaired) electrons. The Morgan fingerprint density at radius 1 is 1.10 bits per heavy atom. The monoisotopic (exact) mass is 570 g/mol. The molecule has 2 aromatic heterocycles. The Kier molecular flexibility index (Phi) is 6.77. The lowest BCUT2D eigenvalue weighted by Crippen LogP contribution is -2.31. The van der Waals surface area contributed by atoms with Gasteiger partial charge >= 0.3 is 0 Å². The molecule has 0 bridgehead atoms. The molecule has 0 saturated heterocycles. The second-order valence-corrected chi connectivity index (χ2v) is 11.5. The standard InChI is InChI=1S/C26H24ClFN6O4S/c1-14(29-20-9-10-21(27)30-23(20)24(35)32-39(3,37)38)18-5-4-6-19-22(18)31-26(33(2)25(19)36)34-12-15-7-8-17(28)11-16(15)13-34/h4-11,14,29H,12-13H2,1-3H3,(H,32,35)/t14-/m1/s1. The van der Waals surface area contributed by atoms with Crippen LogP contribution >= 0.6 is 11.6 Å². The van der Waals surface area contributed by atoms with Crippen molar-refractivity contribution in [2.24, 2.45) is 7.05 Å². The Hall–Kier alpha value is -4.03. The minimum Gasteiger partial charge on any atom is -0.377 e. The number of nitrogens with one attached hydrogen (secondary N) is 2. The van der Waals surface area contributed by atoms with Gasteiger partial charge in [-0.3, -0.25) is 14.2 Å². The summed E-state index contributed by atoms with van der Waals surface area (Å²) in [6, 6.07) is 12.4. The van der Waals surface area contributed by atoms with Gasteiger partial charge in [0.1, 0.15) is 11.0 Å². The van der Waals surface area contributed by atoms with Crippen molar-refractivity contribution in [3.63, 3.8) is 0 Å². The molecule has 0 spiro atoms. The molecule has 1 aliphatic rings. The molecule has 2 aromatic carbocycles. The number of pyridine rings is 1. The Bertz CT molecular complexity index is 1810. The van der Waals surface area contributed by atoms with Crippen molar-refractivity contribution in [3.05, 3.63) is 92.2 Å². The van der Waals surface area contributed by atoms with Crippen LogP contribution in [-0.2, 0) is 30.2 Å². The van der Waals surface area contributed by atoms with E-state index in [2.05, 4.69) is 10.3 Å². The van der Waals surface area contributed by atoms with E-state index in [-0.39, 0.29) is 27.9 Å². The summed E-state index contributed by atoms with van der Waals surface area (Å²) in [7, 11) is -2.19. The first-order chi connectivity index (χ1) is 18.4. The van der Waals surface area contributed by atoms with Crippen LogP contribution in [0, 0.1) is 5.82 Å². The highest BCUT2D eigenvalue weighted by atomic mass is 35.5. The van der Waals surface area contributed by atoms with Gasteiger partial charge in [-0.2, -0.15) is 0 Å². The smallest absolute Gasteiger partial charge is 0.285 e. The van der Waals surface area contributed by atoms with Crippen LogP contribution in [0.1, 0.15) is 40.1 Å². The number of benzene rings is 2. The fraction of sp³-hybridized carbons (Fsp3) is 0.231. The minimum absolute atomic E-state index is 0.0123. The number of rotatable bonds is 6. The third-order valence-corrected chi connectivity index (χ3v) is 7.25. The highest BCUT2D eigenvalue weighted by Crippen LogP contribution is 2.31. The molecule has 0 unspecified atom stereocenters. The van der Waals surface area contributed by atoms with Crippen LogP contribution in [0.2, 0.25) is 5.15 Å². The number of carbonyl (C=O) groups is 1. The largest absolute Gasteiger partial charge is 0.377 e. The number of fused-ring (bicyclic) bond motifs is 2. The van der Waals surface area contributed by atoms with E-state index in [1.165, 1.54) is 28.8 Å². The molecule has 10 nitrogen and oxygen atoms in total. The van der Waals surface area contributed by atoms with Gasteiger partial charge in [0, 0.05) is 25.7 Å². The molecule has 1 amide bonds. The summed E-state index contributed by atoms with van der Waals surface area (Å²) < 4.78 is 40.4. The Morgan fingerprint density at radius 2 is 1.85 bits per heavy atom. The number of para-hydroxylation sites is 1. The van der Waals surface area contributed by atoms with Gasteiger partial charge < -0.3 is 10.2 Å². The second-order valence-electron chi connectivity index (χ2n) is 9.39. The summed E-state index contributed by atoms with van der Waals surface area (Å²) in [5.74, 6) is -0.823. The molecule has 0 aliphatic carbocycles. The van der Waals surface area contributed by atoms with E-state index in [0.717, 1.165) is 17.4 Å². The van der Waals surface area contributed by atoms with Crippen LogP contribution in [-0.4, -0.2) is 35.1 Å². The van der Waals surface area contributed by atoms with Crippen LogP contribution in [0.15, 0.2) is 53.3 Å². The molecule has 2 N–H and O–H groups in total. The summed E-state index contributed by atoms with van der Waals surface area (Å²) in [6.07, 6.45) is 0.862. The number of sulfonamides is 1. The van der Waals surface area contributed by atoms with E-state index in [1.807, 2.05) is 22.6 Å². The number of carbonyl (C=O) groups excluding carboxylic acids is 1. The first-order valence-corrected chi connectivity index (χ1v) is 14.2. The van der Waals surface area contributed by atoms with Crippen molar-refractivity contribution < 1.29 is 17.6 Å². The van der Waals surface area contributed by atoms with E-state index >= 15 is 0 Å². The number of hydrogen-bond donors (Lipinski definition) is 2. The second kappa shape index (κ2) is 9.93. The van der Waals surface area contributed by atoms with Gasteiger partial charge in [0.2, 0.25) is 16.0 Å². The molecule has 0 fully saturated rings. The third kappa shape index (κ3) is 5.30. The summed E-state index contributed by atoms with van der Waals surface area (Å²) in [6.45, 7) is 2.70. The van der Waals surface area contributed by atoms with Gasteiger partial charge in [-0.25, -0.2) is 27.5 Å². The normalized spacial score (nSPS) is 13.8. The maximum absolute atomic E-state index is 13.8. The Labute approximate surface area is 228 Å². The summed E-state index contributed by atoms with van der Waals surface area (Å²) in [5, 5.41) is 3.59. The SMILES string of the molecule is C[C@@H](Nc1ccc(Cl)nc1C(=O)NS(C)(=O)=O)c1cccc2c(=O)n(C)c(N3Cc4ccc(F)cc4C3)nc12. The molecule has 39 heavy (non-hydrogen) atoms. The van der Waals surface area contributed by atoms with E-state index in [1.54, 1.807) is 25.2 Å². The molecular formula is C26H24ClFN6O4S. The maximum atomic E-state index is 13.8. The van der Waals surface area contributed by atoms with Gasteiger partial charge in [-0.15, -0.1) is 0 Å². The summed E-state index contributed by atoms with van der Waals surface area (Å²) in [4.78, 5) is 36.8. The number of nitrogens with zero attached hydrogens (tertiary/aromatic N) is 4. The minimum atomic E-state index is -3.84. The van der Waals surface area contributed by atoms with Crippen molar-refractivity contribution in [1.82, 2.24) is 19.3 Å². The van der Waals surface area contributed by atoms with Gasteiger partial charge in [0.15, 0.2) is 5.69 Å². The predicted octanol–water partition coefficient (Wildman–Crippen LogP) is 3.50.